The molecule has 0 fully saturated rings. The number of rotatable bonds is 0. The van der Waals surface area contributed by atoms with Gasteiger partial charge in [0.15, 0.2) is 0 Å². The predicted molar refractivity (Wildman–Crippen MR) is 42.0 cm³/mol. The van der Waals surface area contributed by atoms with Crippen LogP contribution in [0.3, 0.4) is 0 Å². The molecule has 0 bridgehead atoms. The van der Waals surface area contributed by atoms with Crippen molar-refractivity contribution in [1.82, 2.24) is 12.3 Å². The Kier molecular flexibility index (Phi) is 34.5. The van der Waals surface area contributed by atoms with E-state index in [1.54, 1.807) is 0 Å². The zero-order valence-electron chi connectivity index (χ0n) is 10.4. The Morgan fingerprint density at radius 3 is 0.429 bits per heavy atom. The van der Waals surface area contributed by atoms with Crippen LogP contribution >= 0.6 is 0 Å². The molecule has 0 rings (SSSR count). The molecule has 0 amide bonds. The van der Waals surface area contributed by atoms with Gasteiger partial charge in [0.1, 0.15) is 0 Å². The van der Waals surface area contributed by atoms with Gasteiger partial charge in [0.25, 0.3) is 0 Å². The van der Waals surface area contributed by atoms with Gasteiger partial charge >= 0.3 is 25.8 Å². The first-order valence-corrected chi connectivity index (χ1v) is 3.20. The number of carbonyl (C=O) groups excluding carboxylic acids is 6. The maximum absolute atomic E-state index is 8.93. The molecule has 21 heavy (non-hydrogen) atoms. The molecule has 118 valence electrons. The monoisotopic (exact) mass is 480 g/mol. The minimum absolute atomic E-state index is 0. The summed E-state index contributed by atoms with van der Waals surface area (Å²) < 4.78 is 0. The Bertz CT molecular complexity index is 287. The van der Waals surface area contributed by atoms with Crippen molar-refractivity contribution < 1.29 is 85.2 Å². The number of carboxylic acid groups (broad SMARTS) is 6. The molecule has 0 unspecified atom stereocenters. The Labute approximate surface area is 133 Å². The third-order valence-electron chi connectivity index (χ3n) is 0.500. The molecule has 0 aliphatic heterocycles. The zero-order chi connectivity index (χ0) is 15.5. The molecule has 8 N–H and O–H groups in total. The topological polar surface area (TPSA) is 314 Å². The van der Waals surface area contributed by atoms with Crippen molar-refractivity contribution in [3.63, 3.8) is 0 Å². The van der Waals surface area contributed by atoms with Crippen molar-refractivity contribution in [2.45, 2.75) is 0 Å². The maximum atomic E-state index is 8.93. The van der Waals surface area contributed by atoms with E-state index in [0.717, 1.165) is 0 Å². The molecule has 0 aromatic carbocycles. The van der Waals surface area contributed by atoms with Crippen molar-refractivity contribution in [3.8, 4) is 0 Å². The normalized spacial score (nSPS) is 6.29. The van der Waals surface area contributed by atoms with Crippen molar-refractivity contribution in [2.24, 2.45) is 0 Å². The summed E-state index contributed by atoms with van der Waals surface area (Å²) in [6.45, 7) is 0. The second-order valence-corrected chi connectivity index (χ2v) is 1.72. The molecule has 0 heterocycles. The summed E-state index contributed by atoms with van der Waals surface area (Å²) >= 11 is 0. The largest absolute Gasteiger partial charge is 4.00 e. The van der Waals surface area contributed by atoms with E-state index < -0.39 is 35.8 Å². The Morgan fingerprint density at radius 2 is 0.429 bits per heavy atom. The summed E-state index contributed by atoms with van der Waals surface area (Å²) in [5.74, 6) is -13.1. The molecule has 0 aliphatic rings. The molecule has 0 aromatic rings. The second-order valence-electron chi connectivity index (χ2n) is 1.72. The molecule has 0 aliphatic carbocycles. The van der Waals surface area contributed by atoms with Gasteiger partial charge < -0.3 is 71.7 Å². The van der Waals surface area contributed by atoms with E-state index in [1.807, 2.05) is 0 Å². The van der Waals surface area contributed by atoms with Crippen LogP contribution < -0.4 is 42.9 Å². The van der Waals surface area contributed by atoms with Gasteiger partial charge in [-0.3, -0.25) is 0 Å². The van der Waals surface area contributed by atoms with Crippen LogP contribution in [0.15, 0.2) is 0 Å². The van der Waals surface area contributed by atoms with Gasteiger partial charge in [-0.15, -0.1) is 0 Å². The van der Waals surface area contributed by atoms with E-state index in [4.69, 9.17) is 59.4 Å². The molecule has 0 saturated heterocycles. The van der Waals surface area contributed by atoms with E-state index in [2.05, 4.69) is 0 Å². The third-order valence-corrected chi connectivity index (χ3v) is 0.500. The van der Waals surface area contributed by atoms with E-state index in [0.29, 0.717) is 0 Å². The smallest absolute Gasteiger partial charge is 0.543 e. The van der Waals surface area contributed by atoms with Gasteiger partial charge in [-0.1, -0.05) is 0 Å². The first-order valence-electron chi connectivity index (χ1n) is 3.20. The van der Waals surface area contributed by atoms with Gasteiger partial charge in [0.2, 0.25) is 0 Å². The number of aliphatic carboxylic acids is 6. The molecule has 0 spiro atoms. The standard InChI is InChI=1S/3C2H2O4.Hf.2H3N/c3*3-1(4)2(5)6;;;/h3*(H,3,4)(H,5,6);;2*1H3/q;;;+4;;/p-4. The van der Waals surface area contributed by atoms with Gasteiger partial charge in [-0.05, 0) is 0 Å². The van der Waals surface area contributed by atoms with Crippen LogP contribution in [0.1, 0.15) is 0 Å². The van der Waals surface area contributed by atoms with E-state index in [-0.39, 0.29) is 38.1 Å². The SMILES string of the molecule is O=C([O-])C(=O)[O-].O=C([O-])C(=O)[O-].O=C([O-])C(=O)[O-].[Hf+4].[NH4+].[NH4+]. The molecule has 0 aromatic heterocycles. The summed E-state index contributed by atoms with van der Waals surface area (Å²) in [6.07, 6.45) is 0. The average Bonchev–Trinajstić information content (AvgIpc) is 2.18. The molecule has 0 atom stereocenters. The number of carbonyl (C=O) groups is 6. The van der Waals surface area contributed by atoms with Gasteiger partial charge in [0, 0.05) is 0 Å². The molecular formula is C6H8HfN2O12. The summed E-state index contributed by atoms with van der Waals surface area (Å²) in [4.78, 5) is 53.6. The van der Waals surface area contributed by atoms with Crippen LogP contribution in [0.2, 0.25) is 0 Å². The number of hydrogen-bond acceptors (Lipinski definition) is 12. The average molecular weight is 479 g/mol. The molecule has 15 heteroatoms. The summed E-state index contributed by atoms with van der Waals surface area (Å²) in [5.41, 5.74) is 0. The third kappa shape index (κ3) is 46.5. The number of quaternary nitrogens is 2. The van der Waals surface area contributed by atoms with Crippen LogP contribution in [-0.2, 0) is 54.6 Å². The summed E-state index contributed by atoms with van der Waals surface area (Å²) in [7, 11) is 0. The van der Waals surface area contributed by atoms with Crippen molar-refractivity contribution in [1.29, 1.82) is 0 Å². The predicted octanol–water partition coefficient (Wildman–Crippen LogP) is -9.79. The molecule has 0 saturated carbocycles. The number of carboxylic acids is 6. The fourth-order valence-electron chi connectivity index (χ4n) is 0. The van der Waals surface area contributed by atoms with Crippen LogP contribution in [0, 0.1) is 0 Å². The first-order chi connectivity index (χ1) is 7.93. The fraction of sp³-hybridized carbons (Fsp3) is 0. The van der Waals surface area contributed by atoms with E-state index in [9.17, 15) is 0 Å². The fourth-order valence-corrected chi connectivity index (χ4v) is 0. The van der Waals surface area contributed by atoms with E-state index >= 15 is 0 Å². The molecule has 0 radical (unpaired) electrons. The Balaban J connectivity index is -0.0000000375. The van der Waals surface area contributed by atoms with Crippen LogP contribution in [0.5, 0.6) is 0 Å². The number of hydrogen-bond donors (Lipinski definition) is 2. The van der Waals surface area contributed by atoms with E-state index in [1.165, 1.54) is 0 Å². The van der Waals surface area contributed by atoms with Crippen LogP contribution in [0.4, 0.5) is 0 Å². The van der Waals surface area contributed by atoms with Gasteiger partial charge in [0.05, 0.1) is 35.8 Å². The van der Waals surface area contributed by atoms with Crippen LogP contribution in [-0.4, -0.2) is 35.8 Å². The van der Waals surface area contributed by atoms with Gasteiger partial charge in [-0.25, -0.2) is 0 Å². The Hall–Kier alpha value is -2.39. The second kappa shape index (κ2) is 19.9. The summed E-state index contributed by atoms with van der Waals surface area (Å²) in [6, 6.07) is 0. The Morgan fingerprint density at radius 1 is 0.381 bits per heavy atom. The van der Waals surface area contributed by atoms with Crippen molar-refractivity contribution in [2.75, 3.05) is 0 Å². The molecular weight excluding hydrogens is 471 g/mol. The first kappa shape index (κ1) is 36.3. The minimum Gasteiger partial charge on any atom is -0.543 e. The minimum atomic E-state index is -2.19. The van der Waals surface area contributed by atoms with Gasteiger partial charge in [-0.2, -0.15) is 0 Å². The maximum Gasteiger partial charge on any atom is 4.00 e. The van der Waals surface area contributed by atoms with Crippen molar-refractivity contribution >= 4 is 35.8 Å². The summed E-state index contributed by atoms with van der Waals surface area (Å²) in [5, 5.41) is 53.6. The zero-order valence-corrected chi connectivity index (χ0v) is 14.0. The van der Waals surface area contributed by atoms with Crippen LogP contribution in [0.25, 0.3) is 0 Å². The molecule has 14 nitrogen and oxygen atoms in total. The van der Waals surface area contributed by atoms with Crippen molar-refractivity contribution in [3.05, 3.63) is 0 Å². The quantitative estimate of drug-likeness (QED) is 0.242.